The topological polar surface area (TPSA) is 84.6 Å². The lowest BCUT2D eigenvalue weighted by Crippen LogP contribution is -2.43. The van der Waals surface area contributed by atoms with Gasteiger partial charge in [-0.05, 0) is 12.8 Å². The van der Waals surface area contributed by atoms with Crippen LogP contribution in [0.5, 0.6) is 0 Å². The Morgan fingerprint density at radius 3 is 2.47 bits per heavy atom. The number of nitrogens with two attached hydrogens (primary N) is 1. The summed E-state index contributed by atoms with van der Waals surface area (Å²) in [6, 6.07) is -0.816. The van der Waals surface area contributed by atoms with Gasteiger partial charge < -0.3 is 20.9 Å². The molecule has 0 spiro atoms. The first-order valence-electron chi connectivity index (χ1n) is 7.44. The van der Waals surface area contributed by atoms with E-state index in [9.17, 15) is 4.79 Å². The molecule has 0 fully saturated rings. The molecule has 1 atom stereocenters. The molecule has 1 amide bonds. The highest BCUT2D eigenvalue weighted by Crippen LogP contribution is 2.04. The summed E-state index contributed by atoms with van der Waals surface area (Å²) in [5.74, 6) is -0.307. The number of rotatable bonds is 13. The molecule has 0 heterocycles. The van der Waals surface area contributed by atoms with E-state index in [1.54, 1.807) is 0 Å². The van der Waals surface area contributed by atoms with Crippen molar-refractivity contribution >= 4 is 5.91 Å². The second-order valence-corrected chi connectivity index (χ2v) is 4.81. The van der Waals surface area contributed by atoms with Crippen LogP contribution in [0.25, 0.3) is 0 Å². The molecule has 0 aliphatic heterocycles. The van der Waals surface area contributed by atoms with Crippen LogP contribution < -0.4 is 11.1 Å². The minimum atomic E-state index is -0.816. The fourth-order valence-electron chi connectivity index (χ4n) is 1.69. The van der Waals surface area contributed by atoms with Crippen LogP contribution in [-0.2, 0) is 9.53 Å². The van der Waals surface area contributed by atoms with E-state index in [4.69, 9.17) is 15.6 Å². The first-order valence-corrected chi connectivity index (χ1v) is 7.44. The van der Waals surface area contributed by atoms with Crippen LogP contribution in [0.2, 0.25) is 0 Å². The third-order valence-corrected chi connectivity index (χ3v) is 2.94. The third kappa shape index (κ3) is 12.1. The van der Waals surface area contributed by atoms with E-state index in [1.165, 1.54) is 32.1 Å². The zero-order chi connectivity index (χ0) is 14.3. The summed E-state index contributed by atoms with van der Waals surface area (Å²) in [5, 5.41) is 11.3. The lowest BCUT2D eigenvalue weighted by Gasteiger charge is -2.09. The normalized spacial score (nSPS) is 12.4. The second-order valence-electron chi connectivity index (χ2n) is 4.81. The highest BCUT2D eigenvalue weighted by molar-refractivity contribution is 5.81. The van der Waals surface area contributed by atoms with E-state index in [-0.39, 0.29) is 12.5 Å². The number of unbranched alkanes of at least 4 members (excludes halogenated alkanes) is 5. The summed E-state index contributed by atoms with van der Waals surface area (Å²) in [7, 11) is 0. The van der Waals surface area contributed by atoms with Crippen molar-refractivity contribution in [2.24, 2.45) is 5.73 Å². The van der Waals surface area contributed by atoms with Gasteiger partial charge in [-0.1, -0.05) is 39.0 Å². The number of nitrogens with one attached hydrogen (secondary N) is 1. The third-order valence-electron chi connectivity index (χ3n) is 2.94. The van der Waals surface area contributed by atoms with E-state index < -0.39 is 6.04 Å². The van der Waals surface area contributed by atoms with E-state index in [0.29, 0.717) is 13.2 Å². The molecule has 5 nitrogen and oxygen atoms in total. The molecule has 0 aromatic rings. The number of ether oxygens (including phenoxy) is 1. The predicted molar refractivity (Wildman–Crippen MR) is 76.9 cm³/mol. The van der Waals surface area contributed by atoms with Crippen molar-refractivity contribution in [3.8, 4) is 0 Å². The van der Waals surface area contributed by atoms with E-state index in [1.807, 2.05) is 0 Å². The maximum atomic E-state index is 11.2. The number of hydrogen-bond acceptors (Lipinski definition) is 4. The van der Waals surface area contributed by atoms with Gasteiger partial charge >= 0.3 is 0 Å². The molecule has 0 aromatic carbocycles. The molecule has 0 aromatic heterocycles. The monoisotopic (exact) mass is 274 g/mol. The number of amides is 1. The van der Waals surface area contributed by atoms with Gasteiger partial charge in [0, 0.05) is 19.8 Å². The molecule has 0 rings (SSSR count). The molecule has 114 valence electrons. The first-order chi connectivity index (χ1) is 9.22. The van der Waals surface area contributed by atoms with Gasteiger partial charge in [0.2, 0.25) is 5.91 Å². The smallest absolute Gasteiger partial charge is 0.239 e. The largest absolute Gasteiger partial charge is 0.394 e. The standard InChI is InChI=1S/C14H30N2O3/c1-2-3-4-5-6-7-10-19-11-8-9-16-14(18)13(15)12-17/h13,17H,2-12,15H2,1H3,(H,16,18). The average molecular weight is 274 g/mol. The Kier molecular flexibility index (Phi) is 13.3. The van der Waals surface area contributed by atoms with Crippen LogP contribution in [0.3, 0.4) is 0 Å². The molecule has 1 unspecified atom stereocenters. The quantitative estimate of drug-likeness (QED) is 0.440. The predicted octanol–water partition coefficient (Wildman–Crippen LogP) is 1.19. The Labute approximate surface area is 116 Å². The molecule has 4 N–H and O–H groups in total. The number of aliphatic hydroxyl groups is 1. The molecule has 0 saturated heterocycles. The Morgan fingerprint density at radius 1 is 1.16 bits per heavy atom. The Hall–Kier alpha value is -0.650. The Balaban J connectivity index is 3.13. The van der Waals surface area contributed by atoms with Crippen LogP contribution >= 0.6 is 0 Å². The first kappa shape index (κ1) is 18.4. The summed E-state index contributed by atoms with van der Waals surface area (Å²) in [6.45, 7) is 3.90. The summed E-state index contributed by atoms with van der Waals surface area (Å²) in [4.78, 5) is 11.2. The van der Waals surface area contributed by atoms with Gasteiger partial charge in [0.1, 0.15) is 6.04 Å². The van der Waals surface area contributed by atoms with Crippen molar-refractivity contribution in [1.82, 2.24) is 5.32 Å². The summed E-state index contributed by atoms with van der Waals surface area (Å²) in [5.41, 5.74) is 5.35. The van der Waals surface area contributed by atoms with Gasteiger partial charge in [-0.2, -0.15) is 0 Å². The fraction of sp³-hybridized carbons (Fsp3) is 0.929. The van der Waals surface area contributed by atoms with Crippen LogP contribution in [-0.4, -0.2) is 43.4 Å². The minimum absolute atomic E-state index is 0.307. The van der Waals surface area contributed by atoms with Crippen molar-refractivity contribution in [3.63, 3.8) is 0 Å². The minimum Gasteiger partial charge on any atom is -0.394 e. The van der Waals surface area contributed by atoms with Crippen LogP contribution in [0.1, 0.15) is 51.9 Å². The lowest BCUT2D eigenvalue weighted by atomic mass is 10.1. The van der Waals surface area contributed by atoms with Gasteiger partial charge in [-0.25, -0.2) is 0 Å². The molecule has 19 heavy (non-hydrogen) atoms. The van der Waals surface area contributed by atoms with E-state index >= 15 is 0 Å². The molecule has 0 aliphatic carbocycles. The molecule has 0 radical (unpaired) electrons. The second kappa shape index (κ2) is 13.8. The van der Waals surface area contributed by atoms with Gasteiger partial charge in [0.15, 0.2) is 0 Å². The SMILES string of the molecule is CCCCCCCCOCCCNC(=O)C(N)CO. The lowest BCUT2D eigenvalue weighted by molar-refractivity contribution is -0.123. The maximum absolute atomic E-state index is 11.2. The summed E-state index contributed by atoms with van der Waals surface area (Å²) in [6.07, 6.45) is 8.37. The van der Waals surface area contributed by atoms with Crippen molar-refractivity contribution in [1.29, 1.82) is 0 Å². The number of carbonyl (C=O) groups is 1. The van der Waals surface area contributed by atoms with Crippen molar-refractivity contribution < 1.29 is 14.6 Å². The summed E-state index contributed by atoms with van der Waals surface area (Å²) >= 11 is 0. The van der Waals surface area contributed by atoms with Crippen LogP contribution in [0.4, 0.5) is 0 Å². The van der Waals surface area contributed by atoms with Gasteiger partial charge in [0.05, 0.1) is 6.61 Å². The molecule has 5 heteroatoms. The maximum Gasteiger partial charge on any atom is 0.239 e. The van der Waals surface area contributed by atoms with Gasteiger partial charge in [-0.15, -0.1) is 0 Å². The van der Waals surface area contributed by atoms with E-state index in [0.717, 1.165) is 19.4 Å². The molecule has 0 aliphatic rings. The highest BCUT2D eigenvalue weighted by Gasteiger charge is 2.10. The molecular formula is C14H30N2O3. The van der Waals surface area contributed by atoms with Crippen molar-refractivity contribution in [3.05, 3.63) is 0 Å². The molecular weight excluding hydrogens is 244 g/mol. The zero-order valence-electron chi connectivity index (χ0n) is 12.2. The number of aliphatic hydroxyl groups excluding tert-OH is 1. The Morgan fingerprint density at radius 2 is 1.79 bits per heavy atom. The van der Waals surface area contributed by atoms with Gasteiger partial charge in [0.25, 0.3) is 0 Å². The van der Waals surface area contributed by atoms with Gasteiger partial charge in [-0.3, -0.25) is 4.79 Å². The molecule has 0 saturated carbocycles. The van der Waals surface area contributed by atoms with E-state index in [2.05, 4.69) is 12.2 Å². The average Bonchev–Trinajstić information content (AvgIpc) is 2.43. The fourth-order valence-corrected chi connectivity index (χ4v) is 1.69. The highest BCUT2D eigenvalue weighted by atomic mass is 16.5. The number of hydrogen-bond donors (Lipinski definition) is 3. The molecule has 0 bridgehead atoms. The Bertz CT molecular complexity index is 213. The summed E-state index contributed by atoms with van der Waals surface area (Å²) < 4.78 is 5.48. The van der Waals surface area contributed by atoms with Crippen molar-refractivity contribution in [2.45, 2.75) is 57.9 Å². The van der Waals surface area contributed by atoms with Crippen LogP contribution in [0, 0.1) is 0 Å². The zero-order valence-corrected chi connectivity index (χ0v) is 12.2. The number of carbonyl (C=O) groups excluding carboxylic acids is 1. The van der Waals surface area contributed by atoms with Crippen molar-refractivity contribution in [2.75, 3.05) is 26.4 Å². The van der Waals surface area contributed by atoms with Crippen LogP contribution in [0.15, 0.2) is 0 Å².